The lowest BCUT2D eigenvalue weighted by Crippen LogP contribution is -2.33. The van der Waals surface area contributed by atoms with E-state index in [0.717, 1.165) is 17.0 Å². The van der Waals surface area contributed by atoms with Gasteiger partial charge in [-0.3, -0.25) is 9.59 Å². The van der Waals surface area contributed by atoms with Crippen molar-refractivity contribution in [1.82, 2.24) is 4.90 Å². The fourth-order valence-electron chi connectivity index (χ4n) is 3.09. The Morgan fingerprint density at radius 2 is 1.96 bits per heavy atom. The zero-order chi connectivity index (χ0) is 19.2. The maximum atomic E-state index is 12.3. The van der Waals surface area contributed by atoms with Gasteiger partial charge in [-0.15, -0.1) is 0 Å². The molecule has 2 aromatic rings. The van der Waals surface area contributed by atoms with Gasteiger partial charge < -0.3 is 15.0 Å². The van der Waals surface area contributed by atoms with Crippen molar-refractivity contribution in [3.63, 3.8) is 0 Å². The summed E-state index contributed by atoms with van der Waals surface area (Å²) >= 11 is 5.84. The Morgan fingerprint density at radius 1 is 1.22 bits per heavy atom. The average molecular weight is 387 g/mol. The van der Waals surface area contributed by atoms with Crippen molar-refractivity contribution >= 4 is 29.1 Å². The number of likely N-dealkylation sites (N-methyl/N-ethyl adjacent to an activating group) is 1. The van der Waals surface area contributed by atoms with Gasteiger partial charge in [0, 0.05) is 30.1 Å². The summed E-state index contributed by atoms with van der Waals surface area (Å²) in [4.78, 5) is 26.2. The molecule has 0 fully saturated rings. The standard InChI is InChI=1S/C21H23ClN2O3/c1-24(12-13-27-18-9-7-17(22)8-10-18)20(25)11-6-16-14-15-4-2-3-5-19(15)23-21(16)26/h2-5,7-10,16H,6,11-14H2,1H3,(H,23,26). The molecule has 2 amide bonds. The highest BCUT2D eigenvalue weighted by Crippen LogP contribution is 2.27. The highest BCUT2D eigenvalue weighted by atomic mass is 35.5. The number of hydrogen-bond donors (Lipinski definition) is 1. The second-order valence-electron chi connectivity index (χ2n) is 6.70. The third-order valence-corrected chi connectivity index (χ3v) is 5.01. The number of ether oxygens (including phenoxy) is 1. The van der Waals surface area contributed by atoms with E-state index < -0.39 is 0 Å². The number of hydrogen-bond acceptors (Lipinski definition) is 3. The number of rotatable bonds is 7. The number of fused-ring (bicyclic) bond motifs is 1. The molecule has 1 aliphatic heterocycles. The van der Waals surface area contributed by atoms with E-state index >= 15 is 0 Å². The summed E-state index contributed by atoms with van der Waals surface area (Å²) in [5, 5.41) is 3.58. The molecule has 142 valence electrons. The van der Waals surface area contributed by atoms with Crippen molar-refractivity contribution < 1.29 is 14.3 Å². The topological polar surface area (TPSA) is 58.6 Å². The zero-order valence-corrected chi connectivity index (χ0v) is 16.0. The molecule has 1 N–H and O–H groups in total. The molecule has 1 heterocycles. The molecule has 3 rings (SSSR count). The number of carbonyl (C=O) groups excluding carboxylic acids is 2. The molecule has 0 saturated heterocycles. The van der Waals surface area contributed by atoms with Crippen LogP contribution in [0.2, 0.25) is 5.02 Å². The van der Waals surface area contributed by atoms with Gasteiger partial charge in [0.25, 0.3) is 0 Å². The molecule has 5 nitrogen and oxygen atoms in total. The summed E-state index contributed by atoms with van der Waals surface area (Å²) in [6, 6.07) is 14.9. The summed E-state index contributed by atoms with van der Waals surface area (Å²) in [6.45, 7) is 0.891. The van der Waals surface area contributed by atoms with E-state index in [1.807, 2.05) is 24.3 Å². The quantitative estimate of drug-likeness (QED) is 0.788. The van der Waals surface area contributed by atoms with Crippen molar-refractivity contribution in [2.24, 2.45) is 5.92 Å². The smallest absolute Gasteiger partial charge is 0.227 e. The summed E-state index contributed by atoms with van der Waals surface area (Å²) in [5.41, 5.74) is 2.00. The van der Waals surface area contributed by atoms with Crippen LogP contribution in [-0.2, 0) is 16.0 Å². The van der Waals surface area contributed by atoms with Crippen LogP contribution in [0.25, 0.3) is 0 Å². The third-order valence-electron chi connectivity index (χ3n) is 4.75. The predicted octanol–water partition coefficient (Wildman–Crippen LogP) is 3.77. The van der Waals surface area contributed by atoms with E-state index in [4.69, 9.17) is 16.3 Å². The second kappa shape index (κ2) is 8.91. The molecule has 1 unspecified atom stereocenters. The first kappa shape index (κ1) is 19.2. The molecule has 2 aromatic carbocycles. The van der Waals surface area contributed by atoms with Gasteiger partial charge in [-0.25, -0.2) is 0 Å². The number of para-hydroxylation sites is 1. The highest BCUT2D eigenvalue weighted by molar-refractivity contribution is 6.30. The minimum Gasteiger partial charge on any atom is -0.492 e. The van der Waals surface area contributed by atoms with Crippen LogP contribution < -0.4 is 10.1 Å². The fraction of sp³-hybridized carbons (Fsp3) is 0.333. The number of carbonyl (C=O) groups is 2. The van der Waals surface area contributed by atoms with Crippen LogP contribution in [-0.4, -0.2) is 36.9 Å². The molecular formula is C21H23ClN2O3. The van der Waals surface area contributed by atoms with Crippen molar-refractivity contribution in [1.29, 1.82) is 0 Å². The lowest BCUT2D eigenvalue weighted by Gasteiger charge is -2.25. The Labute approximate surface area is 164 Å². The lowest BCUT2D eigenvalue weighted by molar-refractivity contribution is -0.130. The molecular weight excluding hydrogens is 364 g/mol. The summed E-state index contributed by atoms with van der Waals surface area (Å²) in [7, 11) is 1.75. The van der Waals surface area contributed by atoms with Gasteiger partial charge in [-0.2, -0.15) is 0 Å². The minimum absolute atomic E-state index is 0.00442. The summed E-state index contributed by atoms with van der Waals surface area (Å²) < 4.78 is 5.62. The van der Waals surface area contributed by atoms with E-state index in [1.165, 1.54) is 0 Å². The Bertz CT molecular complexity index is 807. The largest absolute Gasteiger partial charge is 0.492 e. The zero-order valence-electron chi connectivity index (χ0n) is 15.3. The number of nitrogens with zero attached hydrogens (tertiary/aromatic N) is 1. The number of amides is 2. The molecule has 0 radical (unpaired) electrons. The molecule has 0 bridgehead atoms. The van der Waals surface area contributed by atoms with E-state index in [9.17, 15) is 9.59 Å². The Morgan fingerprint density at radius 3 is 2.74 bits per heavy atom. The van der Waals surface area contributed by atoms with Crippen molar-refractivity contribution in [3.05, 3.63) is 59.1 Å². The van der Waals surface area contributed by atoms with Crippen molar-refractivity contribution in [2.45, 2.75) is 19.3 Å². The van der Waals surface area contributed by atoms with Gasteiger partial charge in [-0.05, 0) is 48.7 Å². The maximum absolute atomic E-state index is 12.3. The van der Waals surface area contributed by atoms with Crippen LogP contribution in [0.15, 0.2) is 48.5 Å². The third kappa shape index (κ3) is 5.23. The fourth-order valence-corrected chi connectivity index (χ4v) is 3.22. The predicted molar refractivity (Wildman–Crippen MR) is 106 cm³/mol. The van der Waals surface area contributed by atoms with Crippen LogP contribution in [0.3, 0.4) is 0 Å². The van der Waals surface area contributed by atoms with Gasteiger partial charge >= 0.3 is 0 Å². The molecule has 1 aliphatic rings. The number of nitrogens with one attached hydrogen (secondary N) is 1. The Balaban J connectivity index is 1.42. The van der Waals surface area contributed by atoms with Crippen LogP contribution in [0.4, 0.5) is 5.69 Å². The first-order chi connectivity index (χ1) is 13.0. The first-order valence-corrected chi connectivity index (χ1v) is 9.42. The van der Waals surface area contributed by atoms with Crippen LogP contribution in [0, 0.1) is 5.92 Å². The van der Waals surface area contributed by atoms with Gasteiger partial charge in [0.1, 0.15) is 12.4 Å². The Hall–Kier alpha value is -2.53. The van der Waals surface area contributed by atoms with Crippen LogP contribution in [0.1, 0.15) is 18.4 Å². The van der Waals surface area contributed by atoms with Crippen LogP contribution >= 0.6 is 11.6 Å². The van der Waals surface area contributed by atoms with Crippen LogP contribution in [0.5, 0.6) is 5.75 Å². The molecule has 0 aliphatic carbocycles. The molecule has 0 saturated carbocycles. The lowest BCUT2D eigenvalue weighted by atomic mass is 9.89. The highest BCUT2D eigenvalue weighted by Gasteiger charge is 2.26. The van der Waals surface area contributed by atoms with E-state index in [0.29, 0.717) is 37.4 Å². The monoisotopic (exact) mass is 386 g/mol. The van der Waals surface area contributed by atoms with E-state index in [2.05, 4.69) is 5.32 Å². The number of anilines is 1. The number of benzene rings is 2. The SMILES string of the molecule is CN(CCOc1ccc(Cl)cc1)C(=O)CCC1Cc2ccccc2NC1=O. The second-order valence-corrected chi connectivity index (χ2v) is 7.14. The van der Waals surface area contributed by atoms with Crippen molar-refractivity contribution in [3.8, 4) is 5.75 Å². The first-order valence-electron chi connectivity index (χ1n) is 9.04. The Kier molecular flexibility index (Phi) is 6.35. The number of halogens is 1. The molecule has 1 atom stereocenters. The molecule has 6 heteroatoms. The van der Waals surface area contributed by atoms with Crippen molar-refractivity contribution in [2.75, 3.05) is 25.5 Å². The summed E-state index contributed by atoms with van der Waals surface area (Å²) in [6.07, 6.45) is 1.57. The van der Waals surface area contributed by atoms with Gasteiger partial charge in [-0.1, -0.05) is 29.8 Å². The van der Waals surface area contributed by atoms with E-state index in [1.54, 1.807) is 36.2 Å². The minimum atomic E-state index is -0.164. The average Bonchev–Trinajstić information content (AvgIpc) is 2.67. The molecule has 0 spiro atoms. The normalized spacial score (nSPS) is 15.6. The molecule has 27 heavy (non-hydrogen) atoms. The van der Waals surface area contributed by atoms with Gasteiger partial charge in [0.15, 0.2) is 0 Å². The molecule has 0 aromatic heterocycles. The summed E-state index contributed by atoms with van der Waals surface area (Å²) in [5.74, 6) is 0.567. The van der Waals surface area contributed by atoms with E-state index in [-0.39, 0.29) is 17.7 Å². The van der Waals surface area contributed by atoms with Gasteiger partial charge in [0.2, 0.25) is 11.8 Å². The maximum Gasteiger partial charge on any atom is 0.227 e. The van der Waals surface area contributed by atoms with Gasteiger partial charge in [0.05, 0.1) is 6.54 Å².